The minimum Gasteiger partial charge on any atom is -0.507 e. The Kier molecular flexibility index (Phi) is 2.77. The normalized spacial score (nSPS) is 14.2. The Morgan fingerprint density at radius 3 is 2.48 bits per heavy atom. The summed E-state index contributed by atoms with van der Waals surface area (Å²) in [4.78, 5) is 32.2. The van der Waals surface area contributed by atoms with Crippen LogP contribution in [0.3, 0.4) is 0 Å². The summed E-state index contributed by atoms with van der Waals surface area (Å²) in [5.74, 6) is -0.329. The van der Waals surface area contributed by atoms with Gasteiger partial charge < -0.3 is 10.1 Å². The molecule has 1 aromatic heterocycles. The lowest BCUT2D eigenvalue weighted by Crippen LogP contribution is -2.29. The topological polar surface area (TPSA) is 86.3 Å². The minimum absolute atomic E-state index is 0.0138. The van der Waals surface area contributed by atoms with Crippen LogP contribution in [0.25, 0.3) is 22.4 Å². The van der Waals surface area contributed by atoms with Gasteiger partial charge in [-0.05, 0) is 30.3 Å². The standard InChI is InChI=1S/C17H11N3O3/c21-14-6-5-10(20-15(22)7-8-16(20)23)9-11(14)17-18-12-3-1-2-4-13(12)19-17/h1-9,21H,(H,18,19). The molecule has 0 radical (unpaired) electrons. The number of phenolic OH excluding ortho intramolecular Hbond substituents is 1. The summed E-state index contributed by atoms with van der Waals surface area (Å²) in [5.41, 5.74) is 2.41. The molecule has 1 aliphatic rings. The molecule has 0 unspecified atom stereocenters. The predicted molar refractivity (Wildman–Crippen MR) is 84.8 cm³/mol. The number of para-hydroxylation sites is 2. The summed E-state index contributed by atoms with van der Waals surface area (Å²) in [6, 6.07) is 12.0. The molecular formula is C17H11N3O3. The number of hydrogen-bond donors (Lipinski definition) is 2. The van der Waals surface area contributed by atoms with Gasteiger partial charge in [-0.2, -0.15) is 0 Å². The highest BCUT2D eigenvalue weighted by Gasteiger charge is 2.26. The van der Waals surface area contributed by atoms with Crippen LogP contribution in [0.1, 0.15) is 0 Å². The molecule has 2 heterocycles. The van der Waals surface area contributed by atoms with E-state index in [0.717, 1.165) is 15.9 Å². The van der Waals surface area contributed by atoms with Gasteiger partial charge in [-0.15, -0.1) is 0 Å². The lowest BCUT2D eigenvalue weighted by molar-refractivity contribution is -0.119. The van der Waals surface area contributed by atoms with Crippen molar-refractivity contribution < 1.29 is 14.7 Å². The molecule has 2 aromatic carbocycles. The van der Waals surface area contributed by atoms with Gasteiger partial charge in [0, 0.05) is 12.2 Å². The van der Waals surface area contributed by atoms with Crippen LogP contribution in [0, 0.1) is 0 Å². The summed E-state index contributed by atoms with van der Waals surface area (Å²) >= 11 is 0. The molecule has 6 nitrogen and oxygen atoms in total. The highest BCUT2D eigenvalue weighted by atomic mass is 16.3. The third-order valence-corrected chi connectivity index (χ3v) is 3.69. The largest absolute Gasteiger partial charge is 0.507 e. The quantitative estimate of drug-likeness (QED) is 0.712. The number of rotatable bonds is 2. The number of aromatic hydroxyl groups is 1. The Bertz CT molecular complexity index is 937. The molecule has 0 aliphatic carbocycles. The van der Waals surface area contributed by atoms with E-state index in [2.05, 4.69) is 9.97 Å². The number of nitrogens with one attached hydrogen (secondary N) is 1. The van der Waals surface area contributed by atoms with E-state index in [0.29, 0.717) is 17.1 Å². The number of phenols is 1. The van der Waals surface area contributed by atoms with Crippen LogP contribution in [0.5, 0.6) is 5.75 Å². The summed E-state index contributed by atoms with van der Waals surface area (Å²) in [7, 11) is 0. The van der Waals surface area contributed by atoms with Crippen molar-refractivity contribution in [1.82, 2.24) is 9.97 Å². The van der Waals surface area contributed by atoms with Gasteiger partial charge in [0.2, 0.25) is 0 Å². The van der Waals surface area contributed by atoms with E-state index in [9.17, 15) is 14.7 Å². The average molecular weight is 305 g/mol. The van der Waals surface area contributed by atoms with E-state index in [1.54, 1.807) is 6.07 Å². The zero-order valence-electron chi connectivity index (χ0n) is 11.9. The number of imidazole rings is 1. The van der Waals surface area contributed by atoms with Crippen molar-refractivity contribution in [2.75, 3.05) is 4.90 Å². The zero-order valence-corrected chi connectivity index (χ0v) is 11.9. The molecule has 112 valence electrons. The van der Waals surface area contributed by atoms with Crippen molar-refractivity contribution in [2.45, 2.75) is 0 Å². The van der Waals surface area contributed by atoms with Gasteiger partial charge in [0.1, 0.15) is 11.6 Å². The summed E-state index contributed by atoms with van der Waals surface area (Å²) in [6.45, 7) is 0. The van der Waals surface area contributed by atoms with Crippen LogP contribution in [0.15, 0.2) is 54.6 Å². The molecule has 0 bridgehead atoms. The average Bonchev–Trinajstić information content (AvgIpc) is 3.12. The van der Waals surface area contributed by atoms with Gasteiger partial charge in [0.05, 0.1) is 22.3 Å². The maximum absolute atomic E-state index is 11.8. The first-order valence-electron chi connectivity index (χ1n) is 6.98. The van der Waals surface area contributed by atoms with Crippen LogP contribution in [0.4, 0.5) is 5.69 Å². The minimum atomic E-state index is -0.406. The van der Waals surface area contributed by atoms with Crippen LogP contribution in [0.2, 0.25) is 0 Å². The second kappa shape index (κ2) is 4.81. The molecule has 6 heteroatoms. The zero-order chi connectivity index (χ0) is 16.0. The number of carbonyl (C=O) groups excluding carboxylic acids is 2. The van der Waals surface area contributed by atoms with Crippen molar-refractivity contribution in [3.63, 3.8) is 0 Å². The first-order valence-corrected chi connectivity index (χ1v) is 6.98. The van der Waals surface area contributed by atoms with Crippen molar-refractivity contribution in [2.24, 2.45) is 0 Å². The summed E-state index contributed by atoms with van der Waals surface area (Å²) < 4.78 is 0. The second-order valence-electron chi connectivity index (χ2n) is 5.15. The molecule has 0 spiro atoms. The lowest BCUT2D eigenvalue weighted by atomic mass is 10.1. The molecule has 3 aromatic rings. The number of carbonyl (C=O) groups is 2. The Balaban J connectivity index is 1.84. The summed E-state index contributed by atoms with van der Waals surface area (Å²) in [6.07, 6.45) is 2.44. The van der Waals surface area contributed by atoms with Gasteiger partial charge in [0.25, 0.3) is 11.8 Å². The Hall–Kier alpha value is -3.41. The molecule has 0 fully saturated rings. The fourth-order valence-corrected chi connectivity index (χ4v) is 2.59. The number of imide groups is 1. The fraction of sp³-hybridized carbons (Fsp3) is 0. The third kappa shape index (κ3) is 2.08. The Morgan fingerprint density at radius 2 is 1.74 bits per heavy atom. The molecule has 0 saturated carbocycles. The van der Waals surface area contributed by atoms with E-state index >= 15 is 0 Å². The predicted octanol–water partition coefficient (Wildman–Crippen LogP) is 2.36. The van der Waals surface area contributed by atoms with Gasteiger partial charge >= 0.3 is 0 Å². The number of anilines is 1. The van der Waals surface area contributed by atoms with E-state index in [1.807, 2.05) is 24.3 Å². The molecule has 1 aliphatic heterocycles. The highest BCUT2D eigenvalue weighted by Crippen LogP contribution is 2.33. The number of amides is 2. The Labute approximate surface area is 130 Å². The van der Waals surface area contributed by atoms with Crippen LogP contribution < -0.4 is 4.90 Å². The molecule has 0 saturated heterocycles. The summed E-state index contributed by atoms with van der Waals surface area (Å²) in [5, 5.41) is 10.1. The van der Waals surface area contributed by atoms with Gasteiger partial charge in [-0.1, -0.05) is 12.1 Å². The number of aromatic nitrogens is 2. The maximum Gasteiger partial charge on any atom is 0.258 e. The molecule has 4 rings (SSSR count). The molecule has 2 N–H and O–H groups in total. The smallest absolute Gasteiger partial charge is 0.258 e. The van der Waals surface area contributed by atoms with Gasteiger partial charge in [-0.25, -0.2) is 9.88 Å². The van der Waals surface area contributed by atoms with Crippen LogP contribution in [-0.4, -0.2) is 26.9 Å². The number of aromatic amines is 1. The Morgan fingerprint density at radius 1 is 1.00 bits per heavy atom. The molecular weight excluding hydrogens is 294 g/mol. The van der Waals surface area contributed by atoms with Gasteiger partial charge in [0.15, 0.2) is 0 Å². The van der Waals surface area contributed by atoms with Crippen molar-refractivity contribution >= 4 is 28.5 Å². The molecule has 23 heavy (non-hydrogen) atoms. The number of benzene rings is 2. The number of nitrogens with zero attached hydrogens (tertiary/aromatic N) is 2. The molecule has 2 amide bonds. The van der Waals surface area contributed by atoms with E-state index in [-0.39, 0.29) is 5.75 Å². The SMILES string of the molecule is O=C1C=CC(=O)N1c1ccc(O)c(-c2nc3ccccc3[nH]2)c1. The number of hydrogen-bond acceptors (Lipinski definition) is 4. The first kappa shape index (κ1) is 13.3. The first-order chi connectivity index (χ1) is 11.1. The van der Waals surface area contributed by atoms with Crippen LogP contribution in [-0.2, 0) is 9.59 Å². The second-order valence-corrected chi connectivity index (χ2v) is 5.15. The maximum atomic E-state index is 11.8. The highest BCUT2D eigenvalue weighted by molar-refractivity contribution is 6.28. The molecule has 0 atom stereocenters. The number of H-pyrrole nitrogens is 1. The lowest BCUT2D eigenvalue weighted by Gasteiger charge is -2.15. The van der Waals surface area contributed by atoms with Crippen molar-refractivity contribution in [3.8, 4) is 17.1 Å². The monoisotopic (exact) mass is 305 g/mol. The third-order valence-electron chi connectivity index (χ3n) is 3.69. The fourth-order valence-electron chi connectivity index (χ4n) is 2.59. The number of fused-ring (bicyclic) bond motifs is 1. The van der Waals surface area contributed by atoms with Crippen molar-refractivity contribution in [1.29, 1.82) is 0 Å². The van der Waals surface area contributed by atoms with E-state index in [4.69, 9.17) is 0 Å². The van der Waals surface area contributed by atoms with E-state index < -0.39 is 11.8 Å². The van der Waals surface area contributed by atoms with Gasteiger partial charge in [-0.3, -0.25) is 9.59 Å². The van der Waals surface area contributed by atoms with Crippen LogP contribution >= 0.6 is 0 Å². The van der Waals surface area contributed by atoms with Crippen molar-refractivity contribution in [3.05, 3.63) is 54.6 Å². The van der Waals surface area contributed by atoms with E-state index in [1.165, 1.54) is 24.3 Å².